The molecule has 0 amide bonds. The Morgan fingerprint density at radius 3 is 1.94 bits per heavy atom. The number of hydrogen-bond acceptors (Lipinski definition) is 8. The molecule has 0 saturated carbocycles. The van der Waals surface area contributed by atoms with Crippen LogP contribution >= 0.6 is 11.3 Å². The number of sulfone groups is 2. The van der Waals surface area contributed by atoms with E-state index in [9.17, 15) is 16.8 Å². The van der Waals surface area contributed by atoms with Gasteiger partial charge in [-0.25, -0.2) is 21.8 Å². The summed E-state index contributed by atoms with van der Waals surface area (Å²) in [6.07, 6.45) is 3.28. The number of anilines is 1. The van der Waals surface area contributed by atoms with Gasteiger partial charge in [0.25, 0.3) is 0 Å². The first-order valence-electron chi connectivity index (χ1n) is 9.95. The van der Waals surface area contributed by atoms with Crippen molar-refractivity contribution in [2.45, 2.75) is 39.5 Å². The highest BCUT2D eigenvalue weighted by molar-refractivity contribution is 7.94. The summed E-state index contributed by atoms with van der Waals surface area (Å²) in [5, 5.41) is 2.89. The van der Waals surface area contributed by atoms with Gasteiger partial charge in [-0.3, -0.25) is 4.98 Å². The minimum Gasteiger partial charge on any atom is -0.370 e. The molecule has 0 aliphatic carbocycles. The number of nitrogens with one attached hydrogen (secondary N) is 1. The van der Waals surface area contributed by atoms with Crippen LogP contribution in [0.2, 0.25) is 0 Å². The Bertz CT molecular complexity index is 1480. The number of hydrogen-bond donors (Lipinski definition) is 1. The molecule has 33 heavy (non-hydrogen) atoms. The highest BCUT2D eigenvalue weighted by Gasteiger charge is 2.31. The molecule has 0 saturated heterocycles. The third kappa shape index (κ3) is 4.82. The van der Waals surface area contributed by atoms with Gasteiger partial charge < -0.3 is 5.32 Å². The van der Waals surface area contributed by atoms with Gasteiger partial charge in [-0.05, 0) is 49.7 Å². The van der Waals surface area contributed by atoms with Gasteiger partial charge in [-0.15, -0.1) is 0 Å². The van der Waals surface area contributed by atoms with E-state index in [4.69, 9.17) is 0 Å². The van der Waals surface area contributed by atoms with E-state index in [1.165, 1.54) is 24.3 Å². The minimum atomic E-state index is -4.06. The topological polar surface area (TPSA) is 106 Å². The van der Waals surface area contributed by atoms with E-state index in [-0.39, 0.29) is 30.7 Å². The molecular formula is C23H21N3O4S3. The van der Waals surface area contributed by atoms with Crippen molar-refractivity contribution in [3.05, 3.63) is 89.7 Å². The van der Waals surface area contributed by atoms with E-state index in [1.54, 1.807) is 42.7 Å². The Kier molecular flexibility index (Phi) is 6.33. The summed E-state index contributed by atoms with van der Waals surface area (Å²) in [6.45, 7) is 3.97. The Morgan fingerprint density at radius 2 is 1.39 bits per heavy atom. The van der Waals surface area contributed by atoms with Crippen molar-refractivity contribution in [3.8, 4) is 0 Å². The maximum absolute atomic E-state index is 13.4. The molecule has 170 valence electrons. The second-order valence-corrected chi connectivity index (χ2v) is 12.4. The molecule has 2 aromatic carbocycles. The van der Waals surface area contributed by atoms with Crippen molar-refractivity contribution < 1.29 is 16.8 Å². The van der Waals surface area contributed by atoms with Crippen LogP contribution in [0.3, 0.4) is 0 Å². The van der Waals surface area contributed by atoms with Crippen LogP contribution in [0.25, 0.3) is 0 Å². The molecule has 7 nitrogen and oxygen atoms in total. The van der Waals surface area contributed by atoms with Crippen molar-refractivity contribution in [1.29, 1.82) is 0 Å². The van der Waals surface area contributed by atoms with Crippen molar-refractivity contribution in [1.82, 2.24) is 9.97 Å². The van der Waals surface area contributed by atoms with E-state index < -0.39 is 19.7 Å². The third-order valence-corrected chi connectivity index (χ3v) is 9.89. The van der Waals surface area contributed by atoms with Crippen LogP contribution in [-0.4, -0.2) is 26.8 Å². The number of thiazole rings is 1. The molecule has 1 N–H and O–H groups in total. The first-order valence-corrected chi connectivity index (χ1v) is 13.7. The van der Waals surface area contributed by atoms with Crippen LogP contribution in [0.15, 0.2) is 92.2 Å². The van der Waals surface area contributed by atoms with Crippen LogP contribution in [0.4, 0.5) is 5.00 Å². The zero-order valence-corrected chi connectivity index (χ0v) is 20.3. The van der Waals surface area contributed by atoms with Crippen molar-refractivity contribution in [2.75, 3.05) is 5.32 Å². The van der Waals surface area contributed by atoms with Crippen LogP contribution in [0.5, 0.6) is 0 Å². The number of aryl methyl sites for hydroxylation is 2. The lowest BCUT2D eigenvalue weighted by Crippen LogP contribution is -2.08. The molecule has 4 aromatic rings. The molecule has 0 aliphatic rings. The van der Waals surface area contributed by atoms with E-state index in [0.717, 1.165) is 28.0 Å². The van der Waals surface area contributed by atoms with Crippen LogP contribution in [-0.2, 0) is 26.2 Å². The minimum absolute atomic E-state index is 0.0436. The fourth-order valence-corrected chi connectivity index (χ4v) is 7.32. The quantitative estimate of drug-likeness (QED) is 0.401. The number of rotatable bonds is 7. The highest BCUT2D eigenvalue weighted by atomic mass is 32.2. The van der Waals surface area contributed by atoms with Crippen molar-refractivity contribution in [3.63, 3.8) is 0 Å². The molecule has 0 radical (unpaired) electrons. The van der Waals surface area contributed by atoms with Crippen LogP contribution in [0, 0.1) is 13.8 Å². The van der Waals surface area contributed by atoms with Crippen LogP contribution < -0.4 is 5.32 Å². The largest absolute Gasteiger partial charge is 0.370 e. The molecule has 10 heteroatoms. The summed E-state index contributed by atoms with van der Waals surface area (Å²) < 4.78 is 52.9. The summed E-state index contributed by atoms with van der Waals surface area (Å²) in [5.74, 6) is 0. The van der Waals surface area contributed by atoms with E-state index in [0.29, 0.717) is 0 Å². The van der Waals surface area contributed by atoms with Gasteiger partial charge >= 0.3 is 0 Å². The average molecular weight is 500 g/mol. The lowest BCUT2D eigenvalue weighted by molar-refractivity contribution is 0.589. The molecule has 2 heterocycles. The summed E-state index contributed by atoms with van der Waals surface area (Å²) in [6, 6.07) is 16.3. The summed E-state index contributed by atoms with van der Waals surface area (Å²) in [4.78, 5) is 8.28. The Hall–Kier alpha value is -3.08. The predicted octanol–water partition coefficient (Wildman–Crippen LogP) is 4.43. The smallest absolute Gasteiger partial charge is 0.233 e. The highest BCUT2D eigenvalue weighted by Crippen LogP contribution is 2.37. The SMILES string of the molecule is Cc1ccc(S(=O)(=O)c2nc(S(=O)(=O)c3ccc(C)cc3)c(NCc3cccnc3)s2)cc1. The molecule has 2 aromatic heterocycles. The second kappa shape index (κ2) is 9.05. The van der Waals surface area contributed by atoms with E-state index in [2.05, 4.69) is 15.3 Å². The summed E-state index contributed by atoms with van der Waals surface area (Å²) in [7, 11) is -8.06. The summed E-state index contributed by atoms with van der Waals surface area (Å²) in [5.41, 5.74) is 2.63. The van der Waals surface area contributed by atoms with Crippen LogP contribution in [0.1, 0.15) is 16.7 Å². The van der Waals surface area contributed by atoms with Crippen molar-refractivity contribution >= 4 is 36.0 Å². The average Bonchev–Trinajstić information content (AvgIpc) is 3.25. The second-order valence-electron chi connectivity index (χ2n) is 7.46. The van der Waals surface area contributed by atoms with E-state index in [1.807, 2.05) is 19.9 Å². The fraction of sp³-hybridized carbons (Fsp3) is 0.130. The third-order valence-electron chi connectivity index (χ3n) is 4.90. The zero-order chi connectivity index (χ0) is 23.6. The monoisotopic (exact) mass is 499 g/mol. The molecule has 0 bridgehead atoms. The Morgan fingerprint density at radius 1 is 0.818 bits per heavy atom. The molecule has 0 atom stereocenters. The van der Waals surface area contributed by atoms with Gasteiger partial charge in [0.15, 0.2) is 5.03 Å². The van der Waals surface area contributed by atoms with Gasteiger partial charge in [-0.2, -0.15) is 0 Å². The summed E-state index contributed by atoms with van der Waals surface area (Å²) >= 11 is 0.800. The normalized spacial score (nSPS) is 11.9. The van der Waals surface area contributed by atoms with Gasteiger partial charge in [0, 0.05) is 18.9 Å². The Balaban J connectivity index is 1.80. The predicted molar refractivity (Wildman–Crippen MR) is 127 cm³/mol. The number of aromatic nitrogens is 2. The standard InChI is InChI=1S/C23H21N3O4S3/c1-16-5-9-19(10-6-16)32(27,28)22-21(25-15-18-4-3-13-24-14-18)31-23(26-22)33(29,30)20-11-7-17(2)8-12-20/h3-14,25H,15H2,1-2H3. The molecule has 0 unspecified atom stereocenters. The van der Waals surface area contributed by atoms with Gasteiger partial charge in [0.05, 0.1) is 9.79 Å². The van der Waals surface area contributed by atoms with Crippen molar-refractivity contribution in [2.24, 2.45) is 0 Å². The zero-order valence-electron chi connectivity index (χ0n) is 17.9. The maximum atomic E-state index is 13.4. The maximum Gasteiger partial charge on any atom is 0.233 e. The number of benzene rings is 2. The molecule has 0 spiro atoms. The van der Waals surface area contributed by atoms with Gasteiger partial charge in [0.1, 0.15) is 5.00 Å². The molecule has 0 fully saturated rings. The molecular weight excluding hydrogens is 478 g/mol. The van der Waals surface area contributed by atoms with E-state index >= 15 is 0 Å². The Labute approximate surface area is 197 Å². The molecule has 4 rings (SSSR count). The number of nitrogens with zero attached hydrogens (tertiary/aromatic N) is 2. The number of pyridine rings is 1. The first-order chi connectivity index (χ1) is 15.7. The lowest BCUT2D eigenvalue weighted by atomic mass is 10.2. The fourth-order valence-electron chi connectivity index (χ4n) is 3.03. The lowest BCUT2D eigenvalue weighted by Gasteiger charge is -2.07. The first kappa shape index (κ1) is 23.1. The molecule has 0 aliphatic heterocycles. The van der Waals surface area contributed by atoms with Gasteiger partial charge in [0.2, 0.25) is 24.0 Å². The van der Waals surface area contributed by atoms with Gasteiger partial charge in [-0.1, -0.05) is 52.8 Å².